The van der Waals surface area contributed by atoms with E-state index in [1.54, 1.807) is 13.1 Å². The highest BCUT2D eigenvalue weighted by atomic mass is 32.2. The highest BCUT2D eigenvalue weighted by Gasteiger charge is 2.17. The number of nitrogens with one attached hydrogen (secondary N) is 2. The number of para-hydroxylation sites is 1. The highest BCUT2D eigenvalue weighted by Crippen LogP contribution is 2.24. The molecule has 0 unspecified atom stereocenters. The number of pyridine rings is 1. The molecule has 0 aliphatic carbocycles. The van der Waals surface area contributed by atoms with Crippen molar-refractivity contribution in [2.75, 3.05) is 17.1 Å². The standard InChI is InChI=1S/C15H19N3O2S/c1-4-12-7-5-6-11(2)15(12)18-21(19,20)13-8-9-14(16-3)17-10-13/h5-10,18H,4H2,1-3H3,(H,16,17). The summed E-state index contributed by atoms with van der Waals surface area (Å²) in [6, 6.07) is 8.90. The maximum Gasteiger partial charge on any atom is 0.263 e. The lowest BCUT2D eigenvalue weighted by molar-refractivity contribution is 0.600. The molecule has 1 heterocycles. The van der Waals surface area contributed by atoms with Crippen LogP contribution in [0.4, 0.5) is 11.5 Å². The van der Waals surface area contributed by atoms with Crippen LogP contribution >= 0.6 is 0 Å². The molecule has 0 aliphatic rings. The van der Waals surface area contributed by atoms with Crippen LogP contribution in [0.5, 0.6) is 0 Å². The summed E-state index contributed by atoms with van der Waals surface area (Å²) >= 11 is 0. The summed E-state index contributed by atoms with van der Waals surface area (Å²) in [4.78, 5) is 4.19. The SMILES string of the molecule is CCc1cccc(C)c1NS(=O)(=O)c1ccc(NC)nc1. The first kappa shape index (κ1) is 15.3. The number of sulfonamides is 1. The van der Waals surface area contributed by atoms with E-state index >= 15 is 0 Å². The fourth-order valence-corrected chi connectivity index (χ4v) is 3.17. The van der Waals surface area contributed by atoms with Gasteiger partial charge in [-0.15, -0.1) is 0 Å². The molecule has 0 saturated heterocycles. The normalized spacial score (nSPS) is 11.2. The molecule has 0 fully saturated rings. The molecular formula is C15H19N3O2S. The minimum absolute atomic E-state index is 0.145. The van der Waals surface area contributed by atoms with Crippen molar-refractivity contribution in [3.8, 4) is 0 Å². The van der Waals surface area contributed by atoms with Crippen LogP contribution in [0.15, 0.2) is 41.4 Å². The zero-order valence-electron chi connectivity index (χ0n) is 12.3. The molecule has 0 bridgehead atoms. The fraction of sp³-hybridized carbons (Fsp3) is 0.267. The summed E-state index contributed by atoms with van der Waals surface area (Å²) in [6.45, 7) is 3.88. The van der Waals surface area contributed by atoms with E-state index in [-0.39, 0.29) is 4.90 Å². The number of benzene rings is 1. The summed E-state index contributed by atoms with van der Waals surface area (Å²) in [7, 11) is -1.90. The second-order valence-electron chi connectivity index (χ2n) is 4.70. The molecule has 1 aromatic carbocycles. The first-order chi connectivity index (χ1) is 9.97. The maximum absolute atomic E-state index is 12.5. The molecular weight excluding hydrogens is 286 g/mol. The summed E-state index contributed by atoms with van der Waals surface area (Å²) in [6.07, 6.45) is 2.11. The number of hydrogen-bond donors (Lipinski definition) is 2. The van der Waals surface area contributed by atoms with Crippen LogP contribution in [0.1, 0.15) is 18.1 Å². The van der Waals surface area contributed by atoms with Crippen molar-refractivity contribution in [3.05, 3.63) is 47.7 Å². The molecule has 0 spiro atoms. The first-order valence-corrected chi connectivity index (χ1v) is 8.21. The van der Waals surface area contributed by atoms with Crippen LogP contribution in [-0.2, 0) is 16.4 Å². The van der Waals surface area contributed by atoms with E-state index in [2.05, 4.69) is 15.0 Å². The van der Waals surface area contributed by atoms with Gasteiger partial charge in [0.15, 0.2) is 0 Å². The number of aryl methyl sites for hydroxylation is 2. The molecule has 6 heteroatoms. The van der Waals surface area contributed by atoms with Gasteiger partial charge in [0, 0.05) is 13.2 Å². The molecule has 2 N–H and O–H groups in total. The largest absolute Gasteiger partial charge is 0.373 e. The van der Waals surface area contributed by atoms with Gasteiger partial charge in [-0.2, -0.15) is 0 Å². The van der Waals surface area contributed by atoms with E-state index in [1.807, 2.05) is 32.0 Å². The van der Waals surface area contributed by atoms with E-state index in [4.69, 9.17) is 0 Å². The van der Waals surface area contributed by atoms with Crippen molar-refractivity contribution < 1.29 is 8.42 Å². The minimum atomic E-state index is -3.63. The molecule has 2 aromatic rings. The van der Waals surface area contributed by atoms with Crippen molar-refractivity contribution in [3.63, 3.8) is 0 Å². The molecule has 0 saturated carbocycles. The molecule has 2 rings (SSSR count). The van der Waals surface area contributed by atoms with Gasteiger partial charge in [0.1, 0.15) is 10.7 Å². The lowest BCUT2D eigenvalue weighted by Crippen LogP contribution is -2.15. The summed E-state index contributed by atoms with van der Waals surface area (Å²) < 4.78 is 27.6. The van der Waals surface area contributed by atoms with Gasteiger partial charge < -0.3 is 5.32 Å². The predicted octanol–water partition coefficient (Wildman–Crippen LogP) is 2.79. The average molecular weight is 305 g/mol. The van der Waals surface area contributed by atoms with Crippen molar-refractivity contribution in [1.29, 1.82) is 0 Å². The fourth-order valence-electron chi connectivity index (χ4n) is 2.05. The van der Waals surface area contributed by atoms with Crippen LogP contribution in [0.25, 0.3) is 0 Å². The Labute approximate surface area is 125 Å². The number of nitrogens with zero attached hydrogens (tertiary/aromatic N) is 1. The third-order valence-electron chi connectivity index (χ3n) is 3.28. The van der Waals surface area contributed by atoms with Gasteiger partial charge >= 0.3 is 0 Å². The topological polar surface area (TPSA) is 71.1 Å². The van der Waals surface area contributed by atoms with Crippen LogP contribution in [0, 0.1) is 6.92 Å². The van der Waals surface area contributed by atoms with Gasteiger partial charge in [0.25, 0.3) is 10.0 Å². The van der Waals surface area contributed by atoms with Crippen LogP contribution < -0.4 is 10.0 Å². The summed E-state index contributed by atoms with van der Waals surface area (Å²) in [5, 5.41) is 2.86. The minimum Gasteiger partial charge on any atom is -0.373 e. The Morgan fingerprint density at radius 2 is 1.95 bits per heavy atom. The van der Waals surface area contributed by atoms with Gasteiger partial charge in [-0.25, -0.2) is 13.4 Å². The van der Waals surface area contributed by atoms with Gasteiger partial charge in [-0.1, -0.05) is 25.1 Å². The number of hydrogen-bond acceptors (Lipinski definition) is 4. The maximum atomic E-state index is 12.5. The Bertz CT molecular complexity index is 725. The Kier molecular flexibility index (Phi) is 4.47. The van der Waals surface area contributed by atoms with Gasteiger partial charge in [-0.05, 0) is 36.6 Å². The monoisotopic (exact) mass is 305 g/mol. The molecule has 1 aromatic heterocycles. The molecule has 5 nitrogen and oxygen atoms in total. The first-order valence-electron chi connectivity index (χ1n) is 6.73. The van der Waals surface area contributed by atoms with Gasteiger partial charge in [0.05, 0.1) is 5.69 Å². The Morgan fingerprint density at radius 3 is 2.52 bits per heavy atom. The Hall–Kier alpha value is -2.08. The van der Waals surface area contributed by atoms with Crippen molar-refractivity contribution in [2.24, 2.45) is 0 Å². The van der Waals surface area contributed by atoms with E-state index in [1.165, 1.54) is 12.3 Å². The van der Waals surface area contributed by atoms with Crippen LogP contribution in [-0.4, -0.2) is 20.4 Å². The number of rotatable bonds is 5. The highest BCUT2D eigenvalue weighted by molar-refractivity contribution is 7.92. The predicted molar refractivity (Wildman–Crippen MR) is 85.1 cm³/mol. The van der Waals surface area contributed by atoms with Crippen molar-refractivity contribution in [2.45, 2.75) is 25.2 Å². The second-order valence-corrected chi connectivity index (χ2v) is 6.38. The smallest absolute Gasteiger partial charge is 0.263 e. The number of anilines is 2. The average Bonchev–Trinajstić information content (AvgIpc) is 2.49. The third kappa shape index (κ3) is 3.33. The van der Waals surface area contributed by atoms with E-state index in [0.29, 0.717) is 11.5 Å². The van der Waals surface area contributed by atoms with Crippen LogP contribution in [0.2, 0.25) is 0 Å². The van der Waals surface area contributed by atoms with Crippen LogP contribution in [0.3, 0.4) is 0 Å². The third-order valence-corrected chi connectivity index (χ3v) is 4.61. The molecule has 0 aliphatic heterocycles. The summed E-state index contributed by atoms with van der Waals surface area (Å²) in [5.41, 5.74) is 2.52. The van der Waals surface area contributed by atoms with Gasteiger partial charge in [-0.3, -0.25) is 4.72 Å². The van der Waals surface area contributed by atoms with Crippen molar-refractivity contribution >= 4 is 21.5 Å². The molecule has 21 heavy (non-hydrogen) atoms. The Balaban J connectivity index is 2.37. The lowest BCUT2D eigenvalue weighted by Gasteiger charge is -2.14. The zero-order chi connectivity index (χ0) is 15.5. The zero-order valence-corrected chi connectivity index (χ0v) is 13.2. The summed E-state index contributed by atoms with van der Waals surface area (Å²) in [5.74, 6) is 0.624. The van der Waals surface area contributed by atoms with E-state index < -0.39 is 10.0 Å². The molecule has 0 amide bonds. The quantitative estimate of drug-likeness (QED) is 0.891. The molecule has 112 valence electrons. The van der Waals surface area contributed by atoms with E-state index in [0.717, 1.165) is 17.5 Å². The van der Waals surface area contributed by atoms with Gasteiger partial charge in [0.2, 0.25) is 0 Å². The number of aromatic nitrogens is 1. The molecule has 0 atom stereocenters. The molecule has 0 radical (unpaired) electrons. The van der Waals surface area contributed by atoms with E-state index in [9.17, 15) is 8.42 Å². The lowest BCUT2D eigenvalue weighted by atomic mass is 10.1. The van der Waals surface area contributed by atoms with Crippen molar-refractivity contribution in [1.82, 2.24) is 4.98 Å². The Morgan fingerprint density at radius 1 is 1.19 bits per heavy atom. The second kappa shape index (κ2) is 6.13.